The Labute approximate surface area is 135 Å². The van der Waals surface area contributed by atoms with E-state index in [1.165, 1.54) is 11.3 Å². The van der Waals surface area contributed by atoms with Crippen LogP contribution in [0.2, 0.25) is 8.67 Å². The van der Waals surface area contributed by atoms with Crippen LogP contribution in [0.15, 0.2) is 6.07 Å². The van der Waals surface area contributed by atoms with Gasteiger partial charge in [0.1, 0.15) is 9.34 Å². The maximum absolute atomic E-state index is 12.1. The Morgan fingerprint density at radius 2 is 2.00 bits per heavy atom. The highest BCUT2D eigenvalue weighted by Gasteiger charge is 2.18. The van der Waals surface area contributed by atoms with Crippen molar-refractivity contribution in [2.75, 3.05) is 5.32 Å². The van der Waals surface area contributed by atoms with E-state index in [-0.39, 0.29) is 5.91 Å². The normalized spacial score (nSPS) is 11.1. The van der Waals surface area contributed by atoms with Gasteiger partial charge >= 0.3 is 0 Å². The molecule has 0 bridgehead atoms. The van der Waals surface area contributed by atoms with Crippen LogP contribution in [0.4, 0.5) is 5.13 Å². The third-order valence-electron chi connectivity index (χ3n) is 2.90. The number of nitrogens with zero attached hydrogens (tertiary/aromatic N) is 2. The molecule has 0 radical (unpaired) electrons. The number of amides is 1. The molecule has 0 unspecified atom stereocenters. The quantitative estimate of drug-likeness (QED) is 0.820. The molecule has 0 aliphatic heterocycles. The number of aromatic nitrogens is 2. The number of carbonyl (C=O) groups is 1. The van der Waals surface area contributed by atoms with Crippen LogP contribution < -0.4 is 5.32 Å². The number of anilines is 1. The van der Waals surface area contributed by atoms with Crippen molar-refractivity contribution in [3.63, 3.8) is 0 Å². The van der Waals surface area contributed by atoms with Gasteiger partial charge in [-0.15, -0.1) is 21.5 Å². The first-order chi connectivity index (χ1) is 9.55. The third kappa shape index (κ3) is 3.49. The van der Waals surface area contributed by atoms with Crippen molar-refractivity contribution in [3.8, 4) is 0 Å². The summed E-state index contributed by atoms with van der Waals surface area (Å²) < 4.78 is 0.854. The zero-order valence-electron chi connectivity index (χ0n) is 10.9. The lowest BCUT2D eigenvalue weighted by Gasteiger charge is -2.05. The zero-order valence-corrected chi connectivity index (χ0v) is 14.1. The fourth-order valence-electron chi connectivity index (χ4n) is 1.75. The van der Waals surface area contributed by atoms with Crippen LogP contribution in [0.5, 0.6) is 0 Å². The average Bonchev–Trinajstić information content (AvgIpc) is 2.98. The van der Waals surface area contributed by atoms with Crippen molar-refractivity contribution in [2.45, 2.75) is 32.6 Å². The van der Waals surface area contributed by atoms with E-state index < -0.39 is 0 Å². The van der Waals surface area contributed by atoms with Gasteiger partial charge in [0.2, 0.25) is 5.13 Å². The number of carbonyl (C=O) groups excluding carboxylic acids is 1. The lowest BCUT2D eigenvalue weighted by molar-refractivity contribution is 0.102. The number of nitrogens with one attached hydrogen (secondary N) is 1. The second-order valence-electron chi connectivity index (χ2n) is 4.15. The van der Waals surface area contributed by atoms with Crippen molar-refractivity contribution in [1.82, 2.24) is 10.2 Å². The van der Waals surface area contributed by atoms with Crippen LogP contribution >= 0.6 is 45.9 Å². The third-order valence-corrected chi connectivity index (χ3v) is 5.39. The first-order valence-electron chi connectivity index (χ1n) is 6.14. The lowest BCUT2D eigenvalue weighted by atomic mass is 10.1. The van der Waals surface area contributed by atoms with Crippen LogP contribution in [0.25, 0.3) is 0 Å². The summed E-state index contributed by atoms with van der Waals surface area (Å²) in [4.78, 5) is 12.1. The van der Waals surface area contributed by atoms with E-state index in [1.54, 1.807) is 6.07 Å². The monoisotopic (exact) mass is 349 g/mol. The molecule has 2 aromatic heterocycles. The summed E-state index contributed by atoms with van der Waals surface area (Å²) in [6, 6.07) is 1.55. The topological polar surface area (TPSA) is 54.9 Å². The van der Waals surface area contributed by atoms with Gasteiger partial charge in [-0.3, -0.25) is 10.1 Å². The molecule has 0 spiro atoms. The van der Waals surface area contributed by atoms with Gasteiger partial charge in [-0.2, -0.15) is 0 Å². The first kappa shape index (κ1) is 15.7. The molecule has 1 N–H and O–H groups in total. The van der Waals surface area contributed by atoms with Gasteiger partial charge < -0.3 is 0 Å². The van der Waals surface area contributed by atoms with Crippen LogP contribution in [-0.2, 0) is 0 Å². The Kier molecular flexibility index (Phi) is 5.37. The molecule has 0 aromatic carbocycles. The fourth-order valence-corrected chi connectivity index (χ4v) is 4.21. The van der Waals surface area contributed by atoms with Crippen molar-refractivity contribution in [2.24, 2.45) is 0 Å². The molecule has 0 saturated carbocycles. The average molecular weight is 350 g/mol. The standard InChI is InChI=1S/C12H13Cl2N3OS2/c1-3-6(4-2)11-16-17-12(20-11)15-10(18)7-5-8(13)19-9(7)14/h5-6H,3-4H2,1-2H3,(H,15,17,18). The Bertz CT molecular complexity index is 608. The SMILES string of the molecule is CCC(CC)c1nnc(NC(=O)c2cc(Cl)sc2Cl)s1. The van der Waals surface area contributed by atoms with E-state index in [0.29, 0.717) is 25.3 Å². The molecule has 0 saturated heterocycles. The molecule has 8 heteroatoms. The molecule has 20 heavy (non-hydrogen) atoms. The summed E-state index contributed by atoms with van der Waals surface area (Å²) >= 11 is 14.3. The van der Waals surface area contributed by atoms with Gasteiger partial charge in [-0.25, -0.2) is 0 Å². The second-order valence-corrected chi connectivity index (χ2v) is 7.45. The summed E-state index contributed by atoms with van der Waals surface area (Å²) in [5, 5.41) is 12.3. The molecule has 108 valence electrons. The van der Waals surface area contributed by atoms with Crippen molar-refractivity contribution in [3.05, 3.63) is 25.3 Å². The van der Waals surface area contributed by atoms with Crippen LogP contribution in [0.3, 0.4) is 0 Å². The summed E-state index contributed by atoms with van der Waals surface area (Å²) in [7, 11) is 0. The molecule has 0 atom stereocenters. The van der Waals surface area contributed by atoms with Crippen molar-refractivity contribution < 1.29 is 4.79 Å². The fraction of sp³-hybridized carbons (Fsp3) is 0.417. The van der Waals surface area contributed by atoms with Gasteiger partial charge in [0.15, 0.2) is 0 Å². The molecule has 4 nitrogen and oxygen atoms in total. The van der Waals surface area contributed by atoms with Gasteiger partial charge in [0.05, 0.1) is 9.90 Å². The van der Waals surface area contributed by atoms with E-state index in [9.17, 15) is 4.79 Å². The van der Waals surface area contributed by atoms with E-state index >= 15 is 0 Å². The lowest BCUT2D eigenvalue weighted by Crippen LogP contribution is -2.11. The number of thiophene rings is 1. The van der Waals surface area contributed by atoms with Crippen molar-refractivity contribution >= 4 is 56.9 Å². The number of hydrogen-bond donors (Lipinski definition) is 1. The maximum Gasteiger partial charge on any atom is 0.259 e. The molecule has 2 heterocycles. The van der Waals surface area contributed by atoms with Gasteiger partial charge in [0, 0.05) is 5.92 Å². The molecular weight excluding hydrogens is 337 g/mol. The summed E-state index contributed by atoms with van der Waals surface area (Å²) in [6.45, 7) is 4.22. The number of rotatable bonds is 5. The second kappa shape index (κ2) is 6.85. The molecule has 0 fully saturated rings. The minimum atomic E-state index is -0.314. The summed E-state index contributed by atoms with van der Waals surface area (Å²) in [6.07, 6.45) is 2.01. The molecule has 1 amide bonds. The molecule has 2 aromatic rings. The molecule has 0 aliphatic carbocycles. The van der Waals surface area contributed by atoms with E-state index in [1.807, 2.05) is 0 Å². The number of hydrogen-bond acceptors (Lipinski definition) is 5. The Morgan fingerprint density at radius 3 is 2.55 bits per heavy atom. The minimum Gasteiger partial charge on any atom is -0.296 e. The van der Waals surface area contributed by atoms with E-state index in [4.69, 9.17) is 23.2 Å². The summed E-state index contributed by atoms with van der Waals surface area (Å²) in [5.41, 5.74) is 0.362. The van der Waals surface area contributed by atoms with Gasteiger partial charge in [-0.05, 0) is 18.9 Å². The largest absolute Gasteiger partial charge is 0.296 e. The maximum atomic E-state index is 12.1. The van der Waals surface area contributed by atoms with Crippen LogP contribution in [0, 0.1) is 0 Å². The Morgan fingerprint density at radius 1 is 1.30 bits per heavy atom. The molecular formula is C12H13Cl2N3OS2. The first-order valence-corrected chi connectivity index (χ1v) is 8.53. The molecule has 2 rings (SSSR count). The highest BCUT2D eigenvalue weighted by molar-refractivity contribution is 7.20. The number of halogens is 2. The van der Waals surface area contributed by atoms with Crippen LogP contribution in [-0.4, -0.2) is 16.1 Å². The van der Waals surface area contributed by atoms with E-state index in [0.717, 1.165) is 29.2 Å². The highest BCUT2D eigenvalue weighted by Crippen LogP contribution is 2.32. The summed E-state index contributed by atoms with van der Waals surface area (Å²) in [5.74, 6) is 0.0720. The van der Waals surface area contributed by atoms with Crippen LogP contribution in [0.1, 0.15) is 48.0 Å². The van der Waals surface area contributed by atoms with E-state index in [2.05, 4.69) is 29.4 Å². The van der Waals surface area contributed by atoms with Gasteiger partial charge in [-0.1, -0.05) is 48.4 Å². The predicted molar refractivity (Wildman–Crippen MR) is 85.5 cm³/mol. The Hall–Kier alpha value is -0.690. The Balaban J connectivity index is 2.11. The molecule has 0 aliphatic rings. The van der Waals surface area contributed by atoms with Crippen molar-refractivity contribution in [1.29, 1.82) is 0 Å². The minimum absolute atomic E-state index is 0.314. The predicted octanol–water partition coefficient (Wildman–Crippen LogP) is 5.06. The smallest absolute Gasteiger partial charge is 0.259 e. The van der Waals surface area contributed by atoms with Gasteiger partial charge in [0.25, 0.3) is 5.91 Å². The zero-order chi connectivity index (χ0) is 14.7. The highest BCUT2D eigenvalue weighted by atomic mass is 35.5.